The topological polar surface area (TPSA) is 201 Å². The van der Waals surface area contributed by atoms with E-state index in [0.717, 1.165) is 59.9 Å². The first kappa shape index (κ1) is 46.2. The summed E-state index contributed by atoms with van der Waals surface area (Å²) in [5.74, 6) is 5.52. The fourth-order valence-corrected chi connectivity index (χ4v) is 13.2. The molecule has 11 nitrogen and oxygen atoms in total. The van der Waals surface area contributed by atoms with Crippen molar-refractivity contribution in [1.29, 1.82) is 0 Å². The largest absolute Gasteiger partial charge is 1.00 e. The number of hydrogen-bond acceptors (Lipinski definition) is 9. The number of aliphatic imine (C=N–C) groups is 1. The van der Waals surface area contributed by atoms with Gasteiger partial charge in [0.2, 0.25) is 5.72 Å². The second kappa shape index (κ2) is 18.5. The molecule has 3 aromatic carbocycles. The van der Waals surface area contributed by atoms with Crippen LogP contribution in [0.3, 0.4) is 0 Å². The summed E-state index contributed by atoms with van der Waals surface area (Å²) in [7, 11) is -4.88. The average molecular weight is 886 g/mol. The van der Waals surface area contributed by atoms with E-state index in [-0.39, 0.29) is 90.0 Å². The minimum Gasteiger partial charge on any atom is -0.748 e. The first-order chi connectivity index (χ1) is 29.7. The number of hydrogen-bond donors (Lipinski definition) is 5. The normalized spacial score (nSPS) is 31.9. The Bertz CT molecular complexity index is 2400. The van der Waals surface area contributed by atoms with E-state index in [2.05, 4.69) is 18.8 Å². The number of phenolic OH excluding ortho intramolecular Hbond substituents is 1. The van der Waals surface area contributed by atoms with Crippen LogP contribution in [-0.2, 0) is 27.0 Å². The molecule has 330 valence electrons. The number of nitrogens with two attached hydrogens (primary N) is 2. The molecular weight excluding hydrogens is 826 g/mol. The molecule has 10 bridgehead atoms. The first-order valence-electron chi connectivity index (χ1n) is 22.7. The molecule has 2 fully saturated rings. The summed E-state index contributed by atoms with van der Waals surface area (Å²) in [4.78, 5) is 4.86. The Balaban J connectivity index is 0.00000544. The van der Waals surface area contributed by atoms with Crippen LogP contribution in [0.1, 0.15) is 142 Å². The van der Waals surface area contributed by atoms with Gasteiger partial charge in [-0.3, -0.25) is 0 Å². The molecule has 5 heterocycles. The van der Waals surface area contributed by atoms with Crippen LogP contribution in [0.4, 0.5) is 0 Å². The van der Waals surface area contributed by atoms with Gasteiger partial charge in [0.15, 0.2) is 5.96 Å². The van der Waals surface area contributed by atoms with Crippen LogP contribution in [0.5, 0.6) is 11.5 Å². The zero-order valence-electron chi connectivity index (χ0n) is 36.5. The number of allylic oxidation sites excluding steroid dienone is 1. The molecule has 7 N–H and O–H groups in total. The van der Waals surface area contributed by atoms with Crippen molar-refractivity contribution >= 4 is 16.1 Å². The maximum atomic E-state index is 14.0. The molecule has 1 saturated carbocycles. The Morgan fingerprint density at radius 1 is 0.984 bits per heavy atom. The minimum atomic E-state index is -4.88. The number of nitrogens with zero attached hydrogens (tertiary/aromatic N) is 1. The number of ether oxygens (including phenoxy) is 2. The Kier molecular flexibility index (Phi) is 13.5. The molecule has 0 spiro atoms. The van der Waals surface area contributed by atoms with Crippen molar-refractivity contribution in [3.8, 4) is 23.3 Å². The zero-order valence-corrected chi connectivity index (χ0v) is 39.4. The van der Waals surface area contributed by atoms with Gasteiger partial charge in [0.1, 0.15) is 17.6 Å². The molecule has 11 rings (SSSR count). The maximum Gasteiger partial charge on any atom is 1.00 e. The van der Waals surface area contributed by atoms with Crippen LogP contribution in [0.15, 0.2) is 77.3 Å². The zero-order chi connectivity index (χ0) is 43.4. The third-order valence-corrected chi connectivity index (χ3v) is 16.5. The predicted octanol–water partition coefficient (Wildman–Crippen LogP) is 4.29. The van der Waals surface area contributed by atoms with Crippen LogP contribution in [0.2, 0.25) is 0 Å². The Labute approximate surface area is 394 Å². The molecule has 3 aromatic rings. The molecule has 13 heteroatoms. The van der Waals surface area contributed by atoms with Gasteiger partial charge in [-0.1, -0.05) is 80.5 Å². The second-order valence-corrected chi connectivity index (χ2v) is 20.9. The van der Waals surface area contributed by atoms with Crippen molar-refractivity contribution in [2.45, 2.75) is 137 Å². The summed E-state index contributed by atoms with van der Waals surface area (Å²) in [5, 5.41) is 31.6. The number of aromatic hydroxyl groups is 1. The van der Waals surface area contributed by atoms with Crippen molar-refractivity contribution in [2.75, 3.05) is 6.61 Å². The Morgan fingerprint density at radius 3 is 2.48 bits per heavy atom. The van der Waals surface area contributed by atoms with Gasteiger partial charge in [-0.15, -0.1) is 0 Å². The SMILES string of the molecule is CC1CCc2cc3ccc2C1CC(S(=O)(=O)[O-])C1C=C2CC(CC4CC(CO)CC#Cc5cc(O)ccc5C2O4)C1c1ccc(cc1)C(CCC1(O)CCCCC1)(N=C(N)N)O3.[Na+]. The fraction of sp³-hybridized carbons (Fsp3) is 0.540. The van der Waals surface area contributed by atoms with Gasteiger partial charge in [-0.05, 0) is 140 Å². The minimum absolute atomic E-state index is 0. The van der Waals surface area contributed by atoms with Crippen LogP contribution >= 0.6 is 0 Å². The summed E-state index contributed by atoms with van der Waals surface area (Å²) in [6.45, 7) is 2.08. The first-order valence-corrected chi connectivity index (χ1v) is 24.2. The Morgan fingerprint density at radius 2 is 1.75 bits per heavy atom. The summed E-state index contributed by atoms with van der Waals surface area (Å²) < 4.78 is 56.1. The summed E-state index contributed by atoms with van der Waals surface area (Å²) >= 11 is 0. The van der Waals surface area contributed by atoms with E-state index in [1.165, 1.54) is 0 Å². The standard InChI is InChI=1S/C50H61N3O8S.Na/c1-30-8-9-34-25-39-15-17-41(34)43(30)28-45(62(57,58)59)44-27-36-23-35(26-40-22-31(29-54)6-5-7-33-24-38(55)14-16-42(33)47(36)60-40)46(44)32-10-12-37(13-11-32)50(61-39,53-48(51)52)21-20-49(56)18-3-2-4-19-49;/h10-17,24-25,27,30-31,35,40,43-47,54-56H,2-4,6,8-9,18-23,26,28-29H2,1H3,(H4,51,52,53)(H,57,58,59);/q;+1/p-1. The van der Waals surface area contributed by atoms with Gasteiger partial charge in [-0.25, -0.2) is 13.4 Å². The Hall–Kier alpha value is -3.38. The smallest absolute Gasteiger partial charge is 0.748 e. The molecule has 3 aliphatic carbocycles. The number of benzene rings is 3. The summed E-state index contributed by atoms with van der Waals surface area (Å²) in [6.07, 6.45) is 10.1. The van der Waals surface area contributed by atoms with Crippen LogP contribution < -0.4 is 45.8 Å². The van der Waals surface area contributed by atoms with E-state index in [1.54, 1.807) is 12.1 Å². The predicted molar refractivity (Wildman–Crippen MR) is 236 cm³/mol. The second-order valence-electron chi connectivity index (χ2n) is 19.3. The van der Waals surface area contributed by atoms with Gasteiger partial charge in [-0.2, -0.15) is 0 Å². The fourth-order valence-electron chi connectivity index (χ4n) is 12.1. The third-order valence-electron chi connectivity index (χ3n) is 15.3. The van der Waals surface area contributed by atoms with E-state index in [0.29, 0.717) is 68.2 Å². The molecular formula is C50H60N3NaO8S. The number of guanidine groups is 1. The third kappa shape index (κ3) is 9.50. The number of fused-ring (bicyclic) bond motifs is 9. The number of aliphatic hydroxyl groups is 2. The molecule has 5 aliphatic heterocycles. The quantitative estimate of drug-likeness (QED) is 0.0594. The van der Waals surface area contributed by atoms with Gasteiger partial charge in [0.25, 0.3) is 0 Å². The van der Waals surface area contributed by atoms with Crippen LogP contribution in [0.25, 0.3) is 0 Å². The number of aliphatic hydroxyl groups excluding tert-OH is 1. The van der Waals surface area contributed by atoms with E-state index in [4.69, 9.17) is 25.9 Å². The van der Waals surface area contributed by atoms with Crippen LogP contribution in [-0.4, -0.2) is 57.8 Å². The monoisotopic (exact) mass is 885 g/mol. The molecule has 8 aliphatic rings. The van der Waals surface area contributed by atoms with E-state index >= 15 is 0 Å². The number of aryl methyl sites for hydroxylation is 1. The average Bonchev–Trinajstić information content (AvgIpc) is 3.37. The number of rotatable bonds is 6. The molecule has 1 saturated heterocycles. The van der Waals surface area contributed by atoms with Crippen molar-refractivity contribution in [1.82, 2.24) is 0 Å². The molecule has 63 heavy (non-hydrogen) atoms. The van der Waals surface area contributed by atoms with Crippen molar-refractivity contribution in [2.24, 2.45) is 40.1 Å². The summed E-state index contributed by atoms with van der Waals surface area (Å²) in [5.41, 5.74) is 16.2. The van der Waals surface area contributed by atoms with Gasteiger partial charge >= 0.3 is 29.6 Å². The molecule has 10 unspecified atom stereocenters. The van der Waals surface area contributed by atoms with E-state index < -0.39 is 38.7 Å². The maximum absolute atomic E-state index is 14.0. The van der Waals surface area contributed by atoms with E-state index in [1.807, 2.05) is 54.6 Å². The van der Waals surface area contributed by atoms with Crippen molar-refractivity contribution in [3.05, 3.63) is 106 Å². The van der Waals surface area contributed by atoms with Gasteiger partial charge in [0.05, 0.1) is 27.1 Å². The molecule has 0 aromatic heterocycles. The molecule has 0 amide bonds. The summed E-state index contributed by atoms with van der Waals surface area (Å²) in [6, 6.07) is 19.0. The van der Waals surface area contributed by atoms with Crippen LogP contribution in [0, 0.1) is 35.5 Å². The van der Waals surface area contributed by atoms with Gasteiger partial charge < -0.3 is 40.8 Å². The number of phenols is 1. The van der Waals surface area contributed by atoms with Gasteiger partial charge in [0, 0.05) is 36.1 Å². The van der Waals surface area contributed by atoms with Crippen molar-refractivity contribution in [3.63, 3.8) is 0 Å². The van der Waals surface area contributed by atoms with Crippen molar-refractivity contribution < 1.29 is 67.3 Å². The molecule has 0 radical (unpaired) electrons. The van der Waals surface area contributed by atoms with E-state index in [9.17, 15) is 28.3 Å². The molecule has 10 atom stereocenters.